The SMILES string of the molecule is N#CCc1ccc(-c2nccs2)cc1. The fraction of sp³-hybridized carbons (Fsp3) is 0.0909. The van der Waals surface area contributed by atoms with Crippen molar-refractivity contribution < 1.29 is 0 Å². The molecule has 0 amide bonds. The van der Waals surface area contributed by atoms with Gasteiger partial charge in [0.2, 0.25) is 0 Å². The maximum atomic E-state index is 8.51. The molecule has 1 aromatic heterocycles. The number of aromatic nitrogens is 1. The first-order valence-corrected chi connectivity index (χ1v) is 5.14. The molecule has 1 heterocycles. The molecule has 0 aliphatic rings. The predicted molar refractivity (Wildman–Crippen MR) is 56.9 cm³/mol. The Labute approximate surface area is 86.5 Å². The van der Waals surface area contributed by atoms with Crippen molar-refractivity contribution >= 4 is 11.3 Å². The first-order chi connectivity index (χ1) is 6.90. The largest absolute Gasteiger partial charge is 0.245 e. The van der Waals surface area contributed by atoms with E-state index in [1.54, 1.807) is 17.5 Å². The molecule has 68 valence electrons. The first kappa shape index (κ1) is 8.92. The molecule has 0 atom stereocenters. The van der Waals surface area contributed by atoms with Crippen molar-refractivity contribution in [3.8, 4) is 16.6 Å². The third-order valence-electron chi connectivity index (χ3n) is 1.92. The number of hydrogen-bond donors (Lipinski definition) is 0. The fourth-order valence-electron chi connectivity index (χ4n) is 1.22. The Morgan fingerprint density at radius 2 is 2.07 bits per heavy atom. The van der Waals surface area contributed by atoms with Crippen molar-refractivity contribution in [1.29, 1.82) is 5.26 Å². The molecule has 0 unspecified atom stereocenters. The molecule has 14 heavy (non-hydrogen) atoms. The second-order valence-corrected chi connectivity index (χ2v) is 3.76. The van der Waals surface area contributed by atoms with E-state index >= 15 is 0 Å². The summed E-state index contributed by atoms with van der Waals surface area (Å²) in [6, 6.07) is 10.1. The second-order valence-electron chi connectivity index (χ2n) is 2.87. The molecular formula is C11H8N2S. The van der Waals surface area contributed by atoms with Gasteiger partial charge in [-0.25, -0.2) is 4.98 Å². The highest BCUT2D eigenvalue weighted by Crippen LogP contribution is 2.21. The number of rotatable bonds is 2. The van der Waals surface area contributed by atoms with Gasteiger partial charge in [-0.3, -0.25) is 0 Å². The van der Waals surface area contributed by atoms with Crippen LogP contribution in [-0.2, 0) is 6.42 Å². The van der Waals surface area contributed by atoms with Gasteiger partial charge in [-0.15, -0.1) is 11.3 Å². The predicted octanol–water partition coefficient (Wildman–Crippen LogP) is 2.88. The monoisotopic (exact) mass is 200 g/mol. The molecule has 0 saturated heterocycles. The van der Waals surface area contributed by atoms with Crippen LogP contribution in [0.25, 0.3) is 10.6 Å². The van der Waals surface area contributed by atoms with E-state index in [1.807, 2.05) is 29.6 Å². The Kier molecular flexibility index (Phi) is 2.57. The van der Waals surface area contributed by atoms with E-state index in [0.29, 0.717) is 6.42 Å². The van der Waals surface area contributed by atoms with Crippen LogP contribution in [0.3, 0.4) is 0 Å². The summed E-state index contributed by atoms with van der Waals surface area (Å²) < 4.78 is 0. The Hall–Kier alpha value is -1.66. The average molecular weight is 200 g/mol. The highest BCUT2D eigenvalue weighted by atomic mass is 32.1. The lowest BCUT2D eigenvalue weighted by Crippen LogP contribution is -1.81. The third-order valence-corrected chi connectivity index (χ3v) is 2.74. The lowest BCUT2D eigenvalue weighted by molar-refractivity contribution is 1.26. The molecule has 2 rings (SSSR count). The summed E-state index contributed by atoms with van der Waals surface area (Å²) in [4.78, 5) is 4.22. The lowest BCUT2D eigenvalue weighted by Gasteiger charge is -1.97. The molecule has 2 nitrogen and oxygen atoms in total. The Morgan fingerprint density at radius 1 is 1.29 bits per heavy atom. The van der Waals surface area contributed by atoms with Crippen LogP contribution in [0.2, 0.25) is 0 Å². The highest BCUT2D eigenvalue weighted by molar-refractivity contribution is 7.13. The molecule has 0 aliphatic carbocycles. The number of nitrogens with zero attached hydrogens (tertiary/aromatic N) is 2. The normalized spacial score (nSPS) is 9.64. The van der Waals surface area contributed by atoms with Crippen molar-refractivity contribution in [2.75, 3.05) is 0 Å². The highest BCUT2D eigenvalue weighted by Gasteiger charge is 1.99. The minimum absolute atomic E-state index is 0.470. The van der Waals surface area contributed by atoms with E-state index in [1.165, 1.54) is 0 Å². The summed E-state index contributed by atoms with van der Waals surface area (Å²) in [6.07, 6.45) is 2.27. The molecule has 0 radical (unpaired) electrons. The smallest absolute Gasteiger partial charge is 0.123 e. The van der Waals surface area contributed by atoms with Crippen molar-refractivity contribution in [3.05, 3.63) is 41.4 Å². The summed E-state index contributed by atoms with van der Waals surface area (Å²) in [5.41, 5.74) is 2.16. The maximum absolute atomic E-state index is 8.51. The Bertz CT molecular complexity index is 437. The molecule has 0 aliphatic heterocycles. The molecule has 0 spiro atoms. The van der Waals surface area contributed by atoms with Gasteiger partial charge in [0, 0.05) is 17.1 Å². The molecule has 3 heteroatoms. The molecule has 0 fully saturated rings. The van der Waals surface area contributed by atoms with Crippen LogP contribution in [0.15, 0.2) is 35.8 Å². The Morgan fingerprint density at radius 3 is 2.64 bits per heavy atom. The van der Waals surface area contributed by atoms with Gasteiger partial charge in [-0.05, 0) is 5.56 Å². The number of thiazole rings is 1. The standard InChI is InChI=1S/C11H8N2S/c12-6-5-9-1-3-10(4-2-9)11-13-7-8-14-11/h1-4,7-8H,5H2. The van der Waals surface area contributed by atoms with Crippen LogP contribution in [0.5, 0.6) is 0 Å². The summed E-state index contributed by atoms with van der Waals surface area (Å²) in [6.45, 7) is 0. The number of nitriles is 1. The maximum Gasteiger partial charge on any atom is 0.123 e. The van der Waals surface area contributed by atoms with Crippen molar-refractivity contribution in [1.82, 2.24) is 4.98 Å². The van der Waals surface area contributed by atoms with Gasteiger partial charge < -0.3 is 0 Å². The summed E-state index contributed by atoms with van der Waals surface area (Å²) >= 11 is 1.62. The van der Waals surface area contributed by atoms with E-state index in [0.717, 1.165) is 16.1 Å². The number of hydrogen-bond acceptors (Lipinski definition) is 3. The minimum atomic E-state index is 0.470. The zero-order valence-corrected chi connectivity index (χ0v) is 8.29. The van der Waals surface area contributed by atoms with Gasteiger partial charge in [0.05, 0.1) is 12.5 Å². The van der Waals surface area contributed by atoms with Crippen LogP contribution >= 0.6 is 11.3 Å². The van der Waals surface area contributed by atoms with Gasteiger partial charge in [0.15, 0.2) is 0 Å². The van der Waals surface area contributed by atoms with Crippen LogP contribution < -0.4 is 0 Å². The summed E-state index contributed by atoms with van der Waals surface area (Å²) in [5.74, 6) is 0. The molecule has 0 bridgehead atoms. The molecule has 1 aromatic carbocycles. The zero-order chi connectivity index (χ0) is 9.80. The quantitative estimate of drug-likeness (QED) is 0.747. The minimum Gasteiger partial charge on any atom is -0.245 e. The molecule has 2 aromatic rings. The van der Waals surface area contributed by atoms with Crippen molar-refractivity contribution in [2.45, 2.75) is 6.42 Å². The van der Waals surface area contributed by atoms with E-state index in [2.05, 4.69) is 11.1 Å². The summed E-state index contributed by atoms with van der Waals surface area (Å²) in [7, 11) is 0. The van der Waals surface area contributed by atoms with E-state index in [4.69, 9.17) is 5.26 Å². The zero-order valence-electron chi connectivity index (χ0n) is 7.47. The Balaban J connectivity index is 2.27. The van der Waals surface area contributed by atoms with Crippen LogP contribution in [0.4, 0.5) is 0 Å². The van der Waals surface area contributed by atoms with Crippen LogP contribution in [0.1, 0.15) is 5.56 Å². The molecule has 0 saturated carbocycles. The third kappa shape index (κ3) is 1.81. The van der Waals surface area contributed by atoms with E-state index in [-0.39, 0.29) is 0 Å². The fourth-order valence-corrected chi connectivity index (χ4v) is 1.87. The number of benzene rings is 1. The van der Waals surface area contributed by atoms with Crippen molar-refractivity contribution in [2.24, 2.45) is 0 Å². The molecular weight excluding hydrogens is 192 g/mol. The van der Waals surface area contributed by atoms with E-state index < -0.39 is 0 Å². The average Bonchev–Trinajstić information content (AvgIpc) is 2.72. The van der Waals surface area contributed by atoms with Gasteiger partial charge >= 0.3 is 0 Å². The van der Waals surface area contributed by atoms with Gasteiger partial charge in [0.25, 0.3) is 0 Å². The second kappa shape index (κ2) is 4.03. The van der Waals surface area contributed by atoms with Crippen LogP contribution in [0, 0.1) is 11.3 Å². The molecule has 0 N–H and O–H groups in total. The van der Waals surface area contributed by atoms with Crippen LogP contribution in [-0.4, -0.2) is 4.98 Å². The topological polar surface area (TPSA) is 36.7 Å². The van der Waals surface area contributed by atoms with Gasteiger partial charge in [0.1, 0.15) is 5.01 Å². The van der Waals surface area contributed by atoms with Crippen molar-refractivity contribution in [3.63, 3.8) is 0 Å². The van der Waals surface area contributed by atoms with Gasteiger partial charge in [-0.1, -0.05) is 24.3 Å². The lowest BCUT2D eigenvalue weighted by atomic mass is 10.1. The first-order valence-electron chi connectivity index (χ1n) is 4.26. The van der Waals surface area contributed by atoms with E-state index in [9.17, 15) is 0 Å². The summed E-state index contributed by atoms with van der Waals surface area (Å²) in [5, 5.41) is 11.5. The van der Waals surface area contributed by atoms with Gasteiger partial charge in [-0.2, -0.15) is 5.26 Å².